The highest BCUT2D eigenvalue weighted by Gasteiger charge is 2.55. The highest BCUT2D eigenvalue weighted by Crippen LogP contribution is 2.39. The van der Waals surface area contributed by atoms with E-state index >= 15 is 0 Å². The van der Waals surface area contributed by atoms with Crippen molar-refractivity contribution in [3.8, 4) is 0 Å². The number of hydrogen-bond acceptors (Lipinski definition) is 5. The van der Waals surface area contributed by atoms with Gasteiger partial charge in [-0.15, -0.1) is 0 Å². The average molecular weight is 314 g/mol. The molecule has 0 aromatic rings. The van der Waals surface area contributed by atoms with E-state index in [1.165, 1.54) is 0 Å². The van der Waals surface area contributed by atoms with Gasteiger partial charge in [0, 0.05) is 18.6 Å². The van der Waals surface area contributed by atoms with Crippen molar-refractivity contribution in [1.82, 2.24) is 10.6 Å². The number of rotatable bonds is 4. The molecule has 1 saturated heterocycles. The minimum Gasteiger partial charge on any atom is -0.444 e. The monoisotopic (exact) mass is 314 g/mol. The van der Waals surface area contributed by atoms with E-state index in [4.69, 9.17) is 9.47 Å². The van der Waals surface area contributed by atoms with Crippen LogP contribution in [0.1, 0.15) is 48.0 Å². The minimum atomic E-state index is -0.833. The second-order valence-corrected chi connectivity index (χ2v) is 8.03. The fraction of sp³-hybridized carbons (Fsp3) is 0.938. The van der Waals surface area contributed by atoms with Crippen molar-refractivity contribution in [2.24, 2.45) is 5.92 Å². The maximum Gasteiger partial charge on any atom is 0.407 e. The number of carbonyl (C=O) groups excluding carboxylic acids is 1. The van der Waals surface area contributed by atoms with Crippen molar-refractivity contribution in [2.45, 2.75) is 83.4 Å². The summed E-state index contributed by atoms with van der Waals surface area (Å²) in [6, 6.07) is -0.126. The first-order valence-corrected chi connectivity index (χ1v) is 8.08. The van der Waals surface area contributed by atoms with Crippen LogP contribution in [-0.4, -0.2) is 53.2 Å². The third-order valence-electron chi connectivity index (χ3n) is 4.57. The van der Waals surface area contributed by atoms with Crippen molar-refractivity contribution >= 4 is 6.09 Å². The molecule has 6 nitrogen and oxygen atoms in total. The maximum absolute atomic E-state index is 12.0. The largest absolute Gasteiger partial charge is 0.444 e. The standard InChI is InChI=1S/C16H30N2O4/c1-9(16(5,6)20)17-12-11(10-7-8-21-13(10)12)18-14(19)22-15(2,3)4/h9-13,17,20H,7-8H2,1-6H3,(H,18,19). The molecule has 0 aromatic heterocycles. The molecule has 0 spiro atoms. The van der Waals surface area contributed by atoms with Crippen molar-refractivity contribution in [3.63, 3.8) is 0 Å². The third kappa shape index (κ3) is 3.91. The Morgan fingerprint density at radius 1 is 1.27 bits per heavy atom. The molecule has 22 heavy (non-hydrogen) atoms. The smallest absolute Gasteiger partial charge is 0.407 e. The van der Waals surface area contributed by atoms with Crippen LogP contribution in [0.15, 0.2) is 0 Å². The van der Waals surface area contributed by atoms with Crippen molar-refractivity contribution in [1.29, 1.82) is 0 Å². The van der Waals surface area contributed by atoms with Gasteiger partial charge in [-0.2, -0.15) is 0 Å². The van der Waals surface area contributed by atoms with E-state index in [9.17, 15) is 9.90 Å². The number of aliphatic hydroxyl groups is 1. The van der Waals surface area contributed by atoms with Gasteiger partial charge in [-0.3, -0.25) is 0 Å². The third-order valence-corrected chi connectivity index (χ3v) is 4.57. The lowest BCUT2D eigenvalue weighted by Gasteiger charge is -2.50. The zero-order chi connectivity index (χ0) is 16.7. The summed E-state index contributed by atoms with van der Waals surface area (Å²) in [6.45, 7) is 11.7. The van der Waals surface area contributed by atoms with E-state index in [-0.39, 0.29) is 24.2 Å². The first-order chi connectivity index (χ1) is 9.99. The van der Waals surface area contributed by atoms with E-state index in [1.54, 1.807) is 13.8 Å². The zero-order valence-corrected chi connectivity index (χ0v) is 14.5. The Morgan fingerprint density at radius 2 is 1.91 bits per heavy atom. The normalized spacial score (nSPS) is 32.9. The van der Waals surface area contributed by atoms with Crippen LogP contribution in [0, 0.1) is 5.92 Å². The summed E-state index contributed by atoms with van der Waals surface area (Å²) >= 11 is 0. The quantitative estimate of drug-likeness (QED) is 0.731. The molecule has 1 heterocycles. The highest BCUT2D eigenvalue weighted by atomic mass is 16.6. The van der Waals surface area contributed by atoms with Gasteiger partial charge in [0.05, 0.1) is 23.8 Å². The van der Waals surface area contributed by atoms with Gasteiger partial charge in [-0.25, -0.2) is 4.79 Å². The predicted molar refractivity (Wildman–Crippen MR) is 83.7 cm³/mol. The molecule has 2 rings (SSSR count). The van der Waals surface area contributed by atoms with E-state index in [1.807, 2.05) is 27.7 Å². The highest BCUT2D eigenvalue weighted by molar-refractivity contribution is 5.68. The Labute approximate surface area is 132 Å². The van der Waals surface area contributed by atoms with Gasteiger partial charge in [-0.1, -0.05) is 0 Å². The van der Waals surface area contributed by atoms with E-state index < -0.39 is 17.3 Å². The lowest BCUT2D eigenvalue weighted by atomic mass is 9.71. The number of carbonyl (C=O) groups is 1. The molecule has 5 unspecified atom stereocenters. The summed E-state index contributed by atoms with van der Waals surface area (Å²) in [5, 5.41) is 16.5. The van der Waals surface area contributed by atoms with E-state index in [0.717, 1.165) is 13.0 Å². The fourth-order valence-corrected chi connectivity index (χ4v) is 3.04. The molecule has 1 aliphatic carbocycles. The van der Waals surface area contributed by atoms with Crippen LogP contribution in [0.2, 0.25) is 0 Å². The summed E-state index contributed by atoms with van der Waals surface area (Å²) in [5.41, 5.74) is -1.34. The van der Waals surface area contributed by atoms with Crippen LogP contribution >= 0.6 is 0 Å². The lowest BCUT2D eigenvalue weighted by molar-refractivity contribution is -0.0516. The molecule has 1 saturated carbocycles. The van der Waals surface area contributed by atoms with Gasteiger partial charge < -0.3 is 25.2 Å². The minimum absolute atomic E-state index is 0.00134. The van der Waals surface area contributed by atoms with Crippen LogP contribution in [0.5, 0.6) is 0 Å². The van der Waals surface area contributed by atoms with Crippen LogP contribution in [-0.2, 0) is 9.47 Å². The topological polar surface area (TPSA) is 79.8 Å². The van der Waals surface area contributed by atoms with Crippen LogP contribution in [0.25, 0.3) is 0 Å². The van der Waals surface area contributed by atoms with E-state index in [2.05, 4.69) is 10.6 Å². The fourth-order valence-electron chi connectivity index (χ4n) is 3.04. The SMILES string of the molecule is CC(NC1C(NC(=O)OC(C)(C)C)C2CCOC21)C(C)(C)O. The molecule has 0 radical (unpaired) electrons. The lowest BCUT2D eigenvalue weighted by Crippen LogP contribution is -2.72. The maximum atomic E-state index is 12.0. The first kappa shape index (κ1) is 17.5. The number of alkyl carbamates (subject to hydrolysis) is 1. The van der Waals surface area contributed by atoms with Gasteiger partial charge in [0.25, 0.3) is 0 Å². The van der Waals surface area contributed by atoms with Crippen molar-refractivity contribution in [3.05, 3.63) is 0 Å². The van der Waals surface area contributed by atoms with Gasteiger partial charge in [0.15, 0.2) is 0 Å². The Morgan fingerprint density at radius 3 is 2.45 bits per heavy atom. The summed E-state index contributed by atoms with van der Waals surface area (Å²) in [6.07, 6.45) is 0.649. The Bertz CT molecular complexity index is 413. The molecule has 128 valence electrons. The molecule has 5 atom stereocenters. The Hall–Kier alpha value is -0.850. The summed E-state index contributed by atoms with van der Waals surface area (Å²) < 4.78 is 11.1. The number of nitrogens with one attached hydrogen (secondary N) is 2. The number of fused-ring (bicyclic) bond motifs is 1. The van der Waals surface area contributed by atoms with Crippen molar-refractivity contribution < 1.29 is 19.4 Å². The number of hydrogen-bond donors (Lipinski definition) is 3. The predicted octanol–water partition coefficient (Wildman–Crippen LogP) is 1.42. The molecule has 0 bridgehead atoms. The summed E-state index contributed by atoms with van der Waals surface area (Å²) in [4.78, 5) is 12.0. The van der Waals surface area contributed by atoms with Crippen LogP contribution < -0.4 is 10.6 Å². The van der Waals surface area contributed by atoms with Gasteiger partial charge in [0.1, 0.15) is 5.60 Å². The van der Waals surface area contributed by atoms with Gasteiger partial charge in [-0.05, 0) is 48.0 Å². The second kappa shape index (κ2) is 5.98. The second-order valence-electron chi connectivity index (χ2n) is 8.03. The number of ether oxygens (including phenoxy) is 2. The number of amides is 1. The Kier molecular flexibility index (Phi) is 4.76. The molecule has 0 aromatic carbocycles. The molecule has 1 aliphatic heterocycles. The molecule has 3 N–H and O–H groups in total. The van der Waals surface area contributed by atoms with E-state index in [0.29, 0.717) is 5.92 Å². The average Bonchev–Trinajstić information content (AvgIpc) is 2.74. The molecular weight excluding hydrogens is 284 g/mol. The van der Waals surface area contributed by atoms with Crippen molar-refractivity contribution in [2.75, 3.05) is 6.61 Å². The summed E-state index contributed by atoms with van der Waals surface area (Å²) in [5.74, 6) is 0.319. The Balaban J connectivity index is 1.97. The van der Waals surface area contributed by atoms with Gasteiger partial charge >= 0.3 is 6.09 Å². The first-order valence-electron chi connectivity index (χ1n) is 8.08. The van der Waals surface area contributed by atoms with Gasteiger partial charge in [0.2, 0.25) is 0 Å². The molecule has 1 amide bonds. The molecule has 2 fully saturated rings. The molecule has 2 aliphatic rings. The molecule has 6 heteroatoms. The zero-order valence-electron chi connectivity index (χ0n) is 14.5. The summed E-state index contributed by atoms with van der Waals surface area (Å²) in [7, 11) is 0. The van der Waals surface area contributed by atoms with Crippen LogP contribution in [0.4, 0.5) is 4.79 Å². The molecular formula is C16H30N2O4. The van der Waals surface area contributed by atoms with Crippen LogP contribution in [0.3, 0.4) is 0 Å².